The number of benzene rings is 9. The van der Waals surface area contributed by atoms with E-state index >= 15 is 0 Å². The molecule has 0 N–H and O–H groups in total. The molecule has 0 aliphatic heterocycles. The van der Waals surface area contributed by atoms with Gasteiger partial charge in [-0.05, 0) is 87.4 Å². The number of hydrogen-bond donors (Lipinski definition) is 0. The van der Waals surface area contributed by atoms with Crippen molar-refractivity contribution in [3.05, 3.63) is 206 Å². The van der Waals surface area contributed by atoms with Crippen LogP contribution in [0.2, 0.25) is 0 Å². The van der Waals surface area contributed by atoms with Crippen molar-refractivity contribution in [3.8, 4) is 27.9 Å². The van der Waals surface area contributed by atoms with E-state index in [1.807, 2.05) is 0 Å². The lowest BCUT2D eigenvalue weighted by molar-refractivity contribution is 1.18. The van der Waals surface area contributed by atoms with E-state index in [1.54, 1.807) is 0 Å². The minimum absolute atomic E-state index is 1.10. The zero-order valence-corrected chi connectivity index (χ0v) is 28.5. The molecule has 9 aromatic carbocycles. The lowest BCUT2D eigenvalue weighted by Gasteiger charge is -2.29. The van der Waals surface area contributed by atoms with Crippen LogP contribution in [0.15, 0.2) is 206 Å². The van der Waals surface area contributed by atoms with Gasteiger partial charge in [0.25, 0.3) is 0 Å². The van der Waals surface area contributed by atoms with Gasteiger partial charge in [-0.2, -0.15) is 0 Å². The summed E-state index contributed by atoms with van der Waals surface area (Å²) in [5.74, 6) is 0. The highest BCUT2D eigenvalue weighted by Crippen LogP contribution is 2.45. The first-order valence-electron chi connectivity index (χ1n) is 17.9. The first-order chi connectivity index (χ1) is 25.8. The Balaban J connectivity index is 1.24. The van der Waals surface area contributed by atoms with Gasteiger partial charge in [-0.3, -0.25) is 0 Å². The second kappa shape index (κ2) is 12.5. The monoisotopic (exact) mass is 662 g/mol. The summed E-state index contributed by atoms with van der Waals surface area (Å²) in [6, 6.07) is 74.8. The Hall–Kier alpha value is -6.90. The molecule has 0 atom stereocenters. The van der Waals surface area contributed by atoms with Crippen LogP contribution in [0.4, 0.5) is 17.1 Å². The SMILES string of the molecule is c1ccc(-c2ccc(N(c3ccc(-n4c5ccccc5c5cc6ccccc6cc54)cc3-c3ccccc3)c3cccc4ccccc34)cc2)cc1. The van der Waals surface area contributed by atoms with Gasteiger partial charge in [-0.15, -0.1) is 0 Å². The van der Waals surface area contributed by atoms with Crippen molar-refractivity contribution < 1.29 is 0 Å². The standard InChI is InChI=1S/C50H34N2/c1-3-14-35(15-4-1)36-26-28-41(29-27-36)51(47-25-13-21-37-18-9-10-22-43(37)47)49-31-30-42(34-45(49)38-16-5-2-6-17-38)52-48-24-12-11-23-44(48)46-32-39-19-7-8-20-40(39)33-50(46)52/h1-34H. The molecule has 10 aromatic rings. The van der Waals surface area contributed by atoms with Crippen molar-refractivity contribution in [2.45, 2.75) is 0 Å². The van der Waals surface area contributed by atoms with Gasteiger partial charge >= 0.3 is 0 Å². The summed E-state index contributed by atoms with van der Waals surface area (Å²) in [6.45, 7) is 0. The van der Waals surface area contributed by atoms with Crippen LogP contribution in [-0.2, 0) is 0 Å². The number of nitrogens with zero attached hydrogens (tertiary/aromatic N) is 2. The molecule has 0 radical (unpaired) electrons. The summed E-state index contributed by atoms with van der Waals surface area (Å²) in [5.41, 5.74) is 11.6. The van der Waals surface area contributed by atoms with Crippen LogP contribution in [-0.4, -0.2) is 4.57 Å². The van der Waals surface area contributed by atoms with Gasteiger partial charge in [0.05, 0.1) is 22.4 Å². The molecule has 244 valence electrons. The molecule has 0 aliphatic carbocycles. The highest BCUT2D eigenvalue weighted by atomic mass is 15.1. The molecular weight excluding hydrogens is 629 g/mol. The average molecular weight is 663 g/mol. The van der Waals surface area contributed by atoms with E-state index in [2.05, 4.69) is 216 Å². The van der Waals surface area contributed by atoms with Crippen LogP contribution in [0.5, 0.6) is 0 Å². The maximum absolute atomic E-state index is 2.43. The number of fused-ring (bicyclic) bond motifs is 5. The Morgan fingerprint density at radius 3 is 1.69 bits per heavy atom. The molecule has 10 rings (SSSR count). The highest BCUT2D eigenvalue weighted by Gasteiger charge is 2.21. The van der Waals surface area contributed by atoms with E-state index in [-0.39, 0.29) is 0 Å². The maximum Gasteiger partial charge on any atom is 0.0547 e. The quantitative estimate of drug-likeness (QED) is 0.172. The molecule has 1 aromatic heterocycles. The molecule has 0 unspecified atom stereocenters. The van der Waals surface area contributed by atoms with Crippen LogP contribution in [0.25, 0.3) is 71.3 Å². The zero-order chi connectivity index (χ0) is 34.4. The van der Waals surface area contributed by atoms with Gasteiger partial charge in [0.15, 0.2) is 0 Å². The molecular formula is C50H34N2. The number of aromatic nitrogens is 1. The van der Waals surface area contributed by atoms with Gasteiger partial charge < -0.3 is 9.47 Å². The summed E-state index contributed by atoms with van der Waals surface area (Å²) < 4.78 is 2.43. The minimum Gasteiger partial charge on any atom is -0.309 e. The first-order valence-corrected chi connectivity index (χ1v) is 17.9. The molecule has 0 bridgehead atoms. The third-order valence-electron chi connectivity index (χ3n) is 10.3. The predicted molar refractivity (Wildman–Crippen MR) is 221 cm³/mol. The molecule has 0 saturated heterocycles. The Bertz CT molecular complexity index is 2880. The van der Waals surface area contributed by atoms with Gasteiger partial charge in [-0.1, -0.05) is 152 Å². The van der Waals surface area contributed by atoms with E-state index in [0.29, 0.717) is 0 Å². The van der Waals surface area contributed by atoms with E-state index in [0.717, 1.165) is 33.9 Å². The van der Waals surface area contributed by atoms with Crippen molar-refractivity contribution in [2.24, 2.45) is 0 Å². The predicted octanol–water partition coefficient (Wildman–Crippen LogP) is 13.9. The zero-order valence-electron chi connectivity index (χ0n) is 28.5. The van der Waals surface area contributed by atoms with Gasteiger partial charge in [-0.25, -0.2) is 0 Å². The normalized spacial score (nSPS) is 11.5. The van der Waals surface area contributed by atoms with Crippen molar-refractivity contribution in [2.75, 3.05) is 4.90 Å². The largest absolute Gasteiger partial charge is 0.309 e. The molecule has 0 fully saturated rings. The smallest absolute Gasteiger partial charge is 0.0547 e. The molecule has 0 amide bonds. The Morgan fingerprint density at radius 2 is 0.923 bits per heavy atom. The molecule has 52 heavy (non-hydrogen) atoms. The molecule has 0 spiro atoms. The fraction of sp³-hybridized carbons (Fsp3) is 0. The molecule has 0 aliphatic rings. The van der Waals surface area contributed by atoms with Crippen LogP contribution in [0, 0.1) is 0 Å². The summed E-state index contributed by atoms with van der Waals surface area (Å²) in [4.78, 5) is 2.43. The molecule has 1 heterocycles. The summed E-state index contributed by atoms with van der Waals surface area (Å²) >= 11 is 0. The third-order valence-corrected chi connectivity index (χ3v) is 10.3. The van der Waals surface area contributed by atoms with Gasteiger partial charge in [0, 0.05) is 33.1 Å². The maximum atomic E-state index is 2.43. The molecule has 2 nitrogen and oxygen atoms in total. The number of anilines is 3. The molecule has 0 saturated carbocycles. The number of hydrogen-bond acceptors (Lipinski definition) is 1. The van der Waals surface area contributed by atoms with Gasteiger partial charge in [0.1, 0.15) is 0 Å². The van der Waals surface area contributed by atoms with Crippen molar-refractivity contribution >= 4 is 60.4 Å². The van der Waals surface area contributed by atoms with E-state index < -0.39 is 0 Å². The van der Waals surface area contributed by atoms with E-state index in [9.17, 15) is 0 Å². The Labute approximate surface area is 303 Å². The van der Waals surface area contributed by atoms with E-state index in [1.165, 1.54) is 54.5 Å². The average Bonchev–Trinajstić information content (AvgIpc) is 3.54. The first kappa shape index (κ1) is 30.0. The topological polar surface area (TPSA) is 8.17 Å². The van der Waals surface area contributed by atoms with Crippen LogP contribution >= 0.6 is 0 Å². The minimum atomic E-state index is 1.10. The Morgan fingerprint density at radius 1 is 0.327 bits per heavy atom. The second-order valence-corrected chi connectivity index (χ2v) is 13.4. The number of rotatable bonds is 6. The fourth-order valence-corrected chi connectivity index (χ4v) is 7.89. The van der Waals surface area contributed by atoms with Crippen LogP contribution in [0.1, 0.15) is 0 Å². The van der Waals surface area contributed by atoms with Crippen molar-refractivity contribution in [3.63, 3.8) is 0 Å². The summed E-state index contributed by atoms with van der Waals surface area (Å²) in [5, 5.41) is 7.41. The van der Waals surface area contributed by atoms with E-state index in [4.69, 9.17) is 0 Å². The third kappa shape index (κ3) is 5.04. The van der Waals surface area contributed by atoms with Crippen molar-refractivity contribution in [1.82, 2.24) is 4.57 Å². The summed E-state index contributed by atoms with van der Waals surface area (Å²) in [7, 11) is 0. The fourth-order valence-electron chi connectivity index (χ4n) is 7.89. The Kier molecular flexibility index (Phi) is 7.18. The lowest BCUT2D eigenvalue weighted by atomic mass is 9.99. The number of para-hydroxylation sites is 1. The lowest BCUT2D eigenvalue weighted by Crippen LogP contribution is -2.12. The summed E-state index contributed by atoms with van der Waals surface area (Å²) in [6.07, 6.45) is 0. The second-order valence-electron chi connectivity index (χ2n) is 13.4. The highest BCUT2D eigenvalue weighted by molar-refractivity contribution is 6.14. The van der Waals surface area contributed by atoms with Crippen LogP contribution < -0.4 is 4.90 Å². The van der Waals surface area contributed by atoms with Crippen LogP contribution in [0.3, 0.4) is 0 Å². The van der Waals surface area contributed by atoms with Gasteiger partial charge in [0.2, 0.25) is 0 Å². The van der Waals surface area contributed by atoms with Crippen molar-refractivity contribution in [1.29, 1.82) is 0 Å². The molecule has 2 heteroatoms.